The maximum Gasteiger partial charge on any atom is 0.270 e. The predicted octanol–water partition coefficient (Wildman–Crippen LogP) is 5.00. The van der Waals surface area contributed by atoms with Gasteiger partial charge in [0.15, 0.2) is 5.11 Å². The lowest BCUT2D eigenvalue weighted by Crippen LogP contribution is -2.54. The zero-order chi connectivity index (χ0) is 22.7. The fraction of sp³-hybridized carbons (Fsp3) is 0.0417. The van der Waals surface area contributed by atoms with Crippen molar-refractivity contribution in [2.45, 2.75) is 6.61 Å². The van der Waals surface area contributed by atoms with E-state index in [9.17, 15) is 14.0 Å². The van der Waals surface area contributed by atoms with Crippen LogP contribution < -0.4 is 15.0 Å². The van der Waals surface area contributed by atoms with Crippen molar-refractivity contribution >= 4 is 56.8 Å². The zero-order valence-electron chi connectivity index (χ0n) is 16.5. The number of benzene rings is 3. The van der Waals surface area contributed by atoms with Gasteiger partial charge < -0.3 is 4.74 Å². The second kappa shape index (κ2) is 9.42. The van der Waals surface area contributed by atoms with Gasteiger partial charge in [-0.25, -0.2) is 9.29 Å². The first-order chi connectivity index (χ1) is 15.4. The van der Waals surface area contributed by atoms with Crippen molar-refractivity contribution in [1.29, 1.82) is 0 Å². The van der Waals surface area contributed by atoms with E-state index in [0.29, 0.717) is 17.9 Å². The molecule has 0 aliphatic carbocycles. The van der Waals surface area contributed by atoms with Gasteiger partial charge in [-0.15, -0.1) is 0 Å². The molecule has 1 aliphatic rings. The first-order valence-electron chi connectivity index (χ1n) is 9.56. The van der Waals surface area contributed by atoms with Crippen LogP contribution >= 0.6 is 28.1 Å². The molecule has 2 amide bonds. The summed E-state index contributed by atoms with van der Waals surface area (Å²) in [5.41, 5.74) is 1.28. The number of hydrogen-bond donors (Lipinski definition) is 1. The van der Waals surface area contributed by atoms with Crippen LogP contribution in [0.5, 0.6) is 5.75 Å². The number of thiocarbonyl (C=S) groups is 1. The number of nitrogens with one attached hydrogen (secondary N) is 1. The van der Waals surface area contributed by atoms with Crippen molar-refractivity contribution in [3.63, 3.8) is 0 Å². The Labute approximate surface area is 197 Å². The second-order valence-electron chi connectivity index (χ2n) is 6.86. The van der Waals surface area contributed by atoms with Gasteiger partial charge in [-0.1, -0.05) is 58.4 Å². The first kappa shape index (κ1) is 21.9. The molecular formula is C24H16BrFN2O3S. The van der Waals surface area contributed by atoms with Crippen molar-refractivity contribution in [3.05, 3.63) is 99.8 Å². The summed E-state index contributed by atoms with van der Waals surface area (Å²) in [6.07, 6.45) is 1.42. The molecule has 0 atom stereocenters. The summed E-state index contributed by atoms with van der Waals surface area (Å²) >= 11 is 8.52. The molecule has 160 valence electrons. The van der Waals surface area contributed by atoms with E-state index >= 15 is 0 Å². The van der Waals surface area contributed by atoms with Gasteiger partial charge in [-0.05, 0) is 54.2 Å². The van der Waals surface area contributed by atoms with Crippen LogP contribution in [0.1, 0.15) is 11.1 Å². The molecule has 0 spiro atoms. The Hall–Kier alpha value is -3.36. The fourth-order valence-corrected chi connectivity index (χ4v) is 3.68. The highest BCUT2D eigenvalue weighted by molar-refractivity contribution is 9.10. The molecule has 3 aromatic rings. The maximum atomic E-state index is 14.3. The number of carbonyl (C=O) groups is 2. The Morgan fingerprint density at radius 1 is 1.00 bits per heavy atom. The van der Waals surface area contributed by atoms with E-state index in [-0.39, 0.29) is 16.4 Å². The molecule has 0 saturated carbocycles. The lowest BCUT2D eigenvalue weighted by molar-refractivity contribution is -0.122. The number of hydrogen-bond acceptors (Lipinski definition) is 4. The minimum absolute atomic E-state index is 0.0341. The summed E-state index contributed by atoms with van der Waals surface area (Å²) in [7, 11) is 0. The summed E-state index contributed by atoms with van der Waals surface area (Å²) in [5, 5.41) is 2.28. The SMILES string of the molecule is O=C1NC(=S)N(c2ccccc2F)C(=O)/C1=C/c1ccccc1OCc1ccc(Br)cc1. The topological polar surface area (TPSA) is 58.6 Å². The van der Waals surface area contributed by atoms with Gasteiger partial charge in [-0.2, -0.15) is 0 Å². The smallest absolute Gasteiger partial charge is 0.270 e. The minimum atomic E-state index is -0.716. The lowest BCUT2D eigenvalue weighted by atomic mass is 10.1. The summed E-state index contributed by atoms with van der Waals surface area (Å²) in [6.45, 7) is 0.305. The molecule has 1 N–H and O–H groups in total. The van der Waals surface area contributed by atoms with E-state index < -0.39 is 17.6 Å². The van der Waals surface area contributed by atoms with E-state index in [1.807, 2.05) is 24.3 Å². The molecule has 0 bridgehead atoms. The number of carbonyl (C=O) groups excluding carboxylic acids is 2. The molecule has 4 rings (SSSR count). The number of nitrogens with zero attached hydrogens (tertiary/aromatic N) is 1. The normalized spacial score (nSPS) is 15.1. The molecule has 8 heteroatoms. The Morgan fingerprint density at radius 2 is 1.69 bits per heavy atom. The molecular weight excluding hydrogens is 495 g/mol. The number of amides is 2. The third kappa shape index (κ3) is 4.61. The Kier molecular flexibility index (Phi) is 6.43. The largest absolute Gasteiger partial charge is 0.488 e. The summed E-state index contributed by atoms with van der Waals surface area (Å²) in [6, 6.07) is 20.4. The van der Waals surface area contributed by atoms with E-state index in [2.05, 4.69) is 21.2 Å². The number of halogens is 2. The average Bonchev–Trinajstić information content (AvgIpc) is 2.78. The maximum absolute atomic E-state index is 14.3. The minimum Gasteiger partial charge on any atom is -0.488 e. The van der Waals surface area contributed by atoms with Crippen molar-refractivity contribution < 1.29 is 18.7 Å². The van der Waals surface area contributed by atoms with Crippen LogP contribution in [0.4, 0.5) is 10.1 Å². The molecule has 32 heavy (non-hydrogen) atoms. The first-order valence-corrected chi connectivity index (χ1v) is 10.8. The van der Waals surface area contributed by atoms with Crippen LogP contribution in [0.15, 0.2) is 82.8 Å². The fourth-order valence-electron chi connectivity index (χ4n) is 3.14. The monoisotopic (exact) mass is 510 g/mol. The number of anilines is 1. The van der Waals surface area contributed by atoms with Gasteiger partial charge in [0.1, 0.15) is 23.7 Å². The molecule has 5 nitrogen and oxygen atoms in total. The van der Waals surface area contributed by atoms with Gasteiger partial charge in [0.25, 0.3) is 11.8 Å². The molecule has 1 fully saturated rings. The zero-order valence-corrected chi connectivity index (χ0v) is 19.0. The molecule has 0 aromatic heterocycles. The van der Waals surface area contributed by atoms with E-state index in [1.54, 1.807) is 30.3 Å². The van der Waals surface area contributed by atoms with Crippen LogP contribution in [0.25, 0.3) is 6.08 Å². The van der Waals surface area contributed by atoms with Crippen molar-refractivity contribution in [3.8, 4) is 5.75 Å². The Bertz CT molecular complexity index is 1240. The molecule has 1 aliphatic heterocycles. The van der Waals surface area contributed by atoms with Gasteiger partial charge in [-0.3, -0.25) is 14.9 Å². The molecule has 0 radical (unpaired) electrons. The highest BCUT2D eigenvalue weighted by atomic mass is 79.9. The quantitative estimate of drug-likeness (QED) is 0.298. The Morgan fingerprint density at radius 3 is 2.44 bits per heavy atom. The van der Waals surface area contributed by atoms with Crippen molar-refractivity contribution in [2.75, 3.05) is 4.90 Å². The Balaban J connectivity index is 1.64. The number of rotatable bonds is 5. The van der Waals surface area contributed by atoms with Gasteiger partial charge in [0.05, 0.1) is 5.69 Å². The van der Waals surface area contributed by atoms with Crippen molar-refractivity contribution in [1.82, 2.24) is 5.32 Å². The van der Waals surface area contributed by atoms with Crippen LogP contribution in [-0.2, 0) is 16.2 Å². The van der Waals surface area contributed by atoms with Crippen LogP contribution in [0.2, 0.25) is 0 Å². The third-order valence-corrected chi connectivity index (χ3v) is 5.53. The summed E-state index contributed by atoms with van der Waals surface area (Å²) in [4.78, 5) is 26.6. The average molecular weight is 511 g/mol. The summed E-state index contributed by atoms with van der Waals surface area (Å²) in [5.74, 6) is -1.51. The lowest BCUT2D eigenvalue weighted by Gasteiger charge is -2.29. The van der Waals surface area contributed by atoms with Crippen LogP contribution in [0, 0.1) is 5.82 Å². The standard InChI is InChI=1S/C24H16BrFN2O3S/c25-17-11-9-15(10-12-17)14-31-21-8-4-1-5-16(21)13-18-22(29)27-24(32)28(23(18)30)20-7-3-2-6-19(20)26/h1-13H,14H2,(H,27,29,32)/b18-13+. The third-order valence-electron chi connectivity index (χ3n) is 4.72. The van der Waals surface area contributed by atoms with Crippen LogP contribution in [0.3, 0.4) is 0 Å². The molecule has 0 unspecified atom stereocenters. The van der Waals surface area contributed by atoms with Gasteiger partial charge in [0, 0.05) is 10.0 Å². The van der Waals surface area contributed by atoms with E-state index in [1.165, 1.54) is 24.3 Å². The number of para-hydroxylation sites is 2. The highest BCUT2D eigenvalue weighted by Gasteiger charge is 2.35. The van der Waals surface area contributed by atoms with Gasteiger partial charge in [0.2, 0.25) is 0 Å². The molecule has 1 heterocycles. The van der Waals surface area contributed by atoms with Gasteiger partial charge >= 0.3 is 0 Å². The van der Waals surface area contributed by atoms with E-state index in [4.69, 9.17) is 17.0 Å². The number of ether oxygens (including phenoxy) is 1. The molecule has 1 saturated heterocycles. The summed E-state index contributed by atoms with van der Waals surface area (Å²) < 4.78 is 21.2. The predicted molar refractivity (Wildman–Crippen MR) is 128 cm³/mol. The molecule has 3 aromatic carbocycles. The second-order valence-corrected chi connectivity index (χ2v) is 8.16. The highest BCUT2D eigenvalue weighted by Crippen LogP contribution is 2.27. The van der Waals surface area contributed by atoms with E-state index in [0.717, 1.165) is 14.9 Å². The van der Waals surface area contributed by atoms with Crippen molar-refractivity contribution in [2.24, 2.45) is 0 Å². The van der Waals surface area contributed by atoms with Crippen LogP contribution in [-0.4, -0.2) is 16.9 Å².